The van der Waals surface area contributed by atoms with Crippen LogP contribution in [0, 0.1) is 57.5 Å². The molecular formula is C32H24N2O6S2. The first-order chi connectivity index (χ1) is 20.2. The van der Waals surface area contributed by atoms with Crippen LogP contribution in [0.15, 0.2) is 77.7 Å². The van der Waals surface area contributed by atoms with E-state index in [1.165, 1.54) is 16.4 Å². The summed E-state index contributed by atoms with van der Waals surface area (Å²) in [4.78, 5) is 10.3. The number of benzene rings is 3. The molecule has 4 rings (SSSR count). The highest BCUT2D eigenvalue weighted by molar-refractivity contribution is 7.91. The molecule has 0 bridgehead atoms. The first-order valence-corrected chi connectivity index (χ1v) is 16.0. The maximum Gasteiger partial charge on any atom is 0.269 e. The molecule has 0 spiro atoms. The lowest BCUT2D eigenvalue weighted by molar-refractivity contribution is -0.384. The van der Waals surface area contributed by atoms with E-state index in [0.29, 0.717) is 35.1 Å². The SMILES string of the molecule is O=[N+]([O-])c1ccc(S(=O)(=O)N2CC#Cc3ccccc3C#CCS(=O)(=O)CC#Cc3ccccc3C#CCCC2)cc1. The lowest BCUT2D eigenvalue weighted by Crippen LogP contribution is -2.32. The lowest BCUT2D eigenvalue weighted by atomic mass is 10.1. The molecule has 1 aliphatic rings. The summed E-state index contributed by atoms with van der Waals surface area (Å²) in [7, 11) is -7.60. The summed E-state index contributed by atoms with van der Waals surface area (Å²) >= 11 is 0. The van der Waals surface area contributed by atoms with Crippen LogP contribution in [0.2, 0.25) is 0 Å². The van der Waals surface area contributed by atoms with Crippen LogP contribution in [0.5, 0.6) is 0 Å². The Morgan fingerprint density at radius 1 is 0.714 bits per heavy atom. The van der Waals surface area contributed by atoms with E-state index in [4.69, 9.17) is 0 Å². The Morgan fingerprint density at radius 3 is 1.69 bits per heavy atom. The number of sulfone groups is 1. The molecule has 1 aliphatic heterocycles. The molecule has 210 valence electrons. The van der Waals surface area contributed by atoms with Crippen LogP contribution in [-0.2, 0) is 19.9 Å². The van der Waals surface area contributed by atoms with Gasteiger partial charge in [-0.05, 0) is 42.8 Å². The molecule has 0 atom stereocenters. The Balaban J connectivity index is 1.71. The van der Waals surface area contributed by atoms with E-state index in [1.807, 2.05) is 0 Å². The van der Waals surface area contributed by atoms with Crippen molar-refractivity contribution < 1.29 is 21.8 Å². The molecule has 0 aliphatic carbocycles. The molecule has 0 amide bonds. The van der Waals surface area contributed by atoms with Gasteiger partial charge in [0.2, 0.25) is 10.0 Å². The van der Waals surface area contributed by atoms with Gasteiger partial charge in [-0.3, -0.25) is 10.1 Å². The van der Waals surface area contributed by atoms with E-state index in [-0.39, 0.29) is 35.2 Å². The van der Waals surface area contributed by atoms with Crippen LogP contribution in [0.3, 0.4) is 0 Å². The van der Waals surface area contributed by atoms with Crippen molar-refractivity contribution in [3.63, 3.8) is 0 Å². The third kappa shape index (κ3) is 8.10. The molecule has 10 heteroatoms. The zero-order valence-corrected chi connectivity index (χ0v) is 24.0. The molecule has 3 aromatic carbocycles. The minimum Gasteiger partial charge on any atom is -0.258 e. The molecule has 0 saturated carbocycles. The Morgan fingerprint density at radius 2 is 1.19 bits per heavy atom. The Labute approximate surface area is 245 Å². The second-order valence-electron chi connectivity index (χ2n) is 9.02. The van der Waals surface area contributed by atoms with Crippen LogP contribution in [0.25, 0.3) is 0 Å². The molecular weight excluding hydrogens is 572 g/mol. The minimum atomic E-state index is -4.03. The van der Waals surface area contributed by atoms with Crippen molar-refractivity contribution in [3.8, 4) is 47.4 Å². The van der Waals surface area contributed by atoms with Crippen molar-refractivity contribution in [2.24, 2.45) is 0 Å². The monoisotopic (exact) mass is 596 g/mol. The average molecular weight is 597 g/mol. The fourth-order valence-corrected chi connectivity index (χ4v) is 5.90. The van der Waals surface area contributed by atoms with Gasteiger partial charge in [-0.25, -0.2) is 16.8 Å². The van der Waals surface area contributed by atoms with Crippen molar-refractivity contribution in [1.29, 1.82) is 0 Å². The molecule has 8 nitrogen and oxygen atoms in total. The zero-order valence-electron chi connectivity index (χ0n) is 22.3. The van der Waals surface area contributed by atoms with Crippen LogP contribution >= 0.6 is 0 Å². The average Bonchev–Trinajstić information content (AvgIpc) is 2.97. The summed E-state index contributed by atoms with van der Waals surface area (Å²) in [6, 6.07) is 18.7. The highest BCUT2D eigenvalue weighted by Gasteiger charge is 2.24. The van der Waals surface area contributed by atoms with Gasteiger partial charge in [0.1, 0.15) is 11.5 Å². The predicted molar refractivity (Wildman–Crippen MR) is 160 cm³/mol. The number of rotatable bonds is 3. The van der Waals surface area contributed by atoms with Crippen LogP contribution in [0.1, 0.15) is 35.1 Å². The Kier molecular flexibility index (Phi) is 9.81. The van der Waals surface area contributed by atoms with Gasteiger partial charge in [0.15, 0.2) is 9.84 Å². The number of hydrogen-bond donors (Lipinski definition) is 0. The molecule has 0 N–H and O–H groups in total. The normalized spacial score (nSPS) is 15.2. The van der Waals surface area contributed by atoms with Crippen molar-refractivity contribution in [2.75, 3.05) is 24.6 Å². The first-order valence-electron chi connectivity index (χ1n) is 12.7. The van der Waals surface area contributed by atoms with E-state index in [9.17, 15) is 26.9 Å². The van der Waals surface area contributed by atoms with Crippen molar-refractivity contribution in [3.05, 3.63) is 105 Å². The second-order valence-corrected chi connectivity index (χ2v) is 13.0. The maximum absolute atomic E-state index is 13.5. The van der Waals surface area contributed by atoms with E-state index >= 15 is 0 Å². The number of nitro groups is 1. The van der Waals surface area contributed by atoms with Crippen LogP contribution in [0.4, 0.5) is 5.69 Å². The van der Waals surface area contributed by atoms with E-state index in [2.05, 4.69) is 47.4 Å². The summed E-state index contributed by atoms with van der Waals surface area (Å²) in [5, 5.41) is 11.0. The highest BCUT2D eigenvalue weighted by Crippen LogP contribution is 2.20. The molecule has 1 heterocycles. The van der Waals surface area contributed by atoms with Gasteiger partial charge >= 0.3 is 0 Å². The zero-order chi connectivity index (χ0) is 30.0. The van der Waals surface area contributed by atoms with Gasteiger partial charge in [-0.1, -0.05) is 71.6 Å². The van der Waals surface area contributed by atoms with Gasteiger partial charge < -0.3 is 0 Å². The number of nitrogens with zero attached hydrogens (tertiary/aromatic N) is 2. The molecule has 0 fully saturated rings. The third-order valence-corrected chi connectivity index (χ3v) is 9.01. The summed E-state index contributed by atoms with van der Waals surface area (Å²) in [5.74, 6) is 22.3. The predicted octanol–water partition coefficient (Wildman–Crippen LogP) is 3.60. The van der Waals surface area contributed by atoms with Gasteiger partial charge in [0, 0.05) is 47.4 Å². The second kappa shape index (κ2) is 13.7. The quantitative estimate of drug-likeness (QED) is 0.259. The molecule has 3 aromatic rings. The van der Waals surface area contributed by atoms with Gasteiger partial charge in [0.25, 0.3) is 5.69 Å². The van der Waals surface area contributed by atoms with Gasteiger partial charge in [-0.2, -0.15) is 4.31 Å². The van der Waals surface area contributed by atoms with E-state index < -0.39 is 24.8 Å². The largest absolute Gasteiger partial charge is 0.269 e. The number of non-ortho nitro benzene ring substituents is 1. The number of hydrogen-bond acceptors (Lipinski definition) is 6. The molecule has 42 heavy (non-hydrogen) atoms. The smallest absolute Gasteiger partial charge is 0.258 e. The summed E-state index contributed by atoms with van der Waals surface area (Å²) in [6.07, 6.45) is 0.767. The number of nitro benzene ring substituents is 1. The van der Waals surface area contributed by atoms with Crippen LogP contribution in [-0.4, -0.2) is 50.7 Å². The summed E-state index contributed by atoms with van der Waals surface area (Å²) < 4.78 is 53.2. The Hall–Kier alpha value is -4.84. The molecule has 0 unspecified atom stereocenters. The first kappa shape index (κ1) is 30.1. The van der Waals surface area contributed by atoms with Crippen molar-refractivity contribution in [1.82, 2.24) is 4.31 Å². The van der Waals surface area contributed by atoms with Gasteiger partial charge in [0.05, 0.1) is 16.4 Å². The molecule has 0 radical (unpaired) electrons. The Bertz CT molecular complexity index is 1970. The molecule has 0 saturated heterocycles. The standard InChI is InChI=1S/C32H24N2O6S2/c35-34(36)31-19-21-32(22-20-31)42(39,40)33-23-7-1-2-11-27-12-3-5-14-29(27)17-9-25-41(37,38)26-10-18-30-15-6-4-13-28(30)16-8-24-33/h3-6,12-15,19-22H,1,7,23-26H2. The fourth-order valence-electron chi connectivity index (χ4n) is 3.83. The van der Waals surface area contributed by atoms with E-state index in [0.717, 1.165) is 12.1 Å². The molecule has 0 aromatic heterocycles. The van der Waals surface area contributed by atoms with Crippen molar-refractivity contribution in [2.45, 2.75) is 17.7 Å². The fraction of sp³-hybridized carbons (Fsp3) is 0.188. The highest BCUT2D eigenvalue weighted by atomic mass is 32.2. The summed E-state index contributed by atoms with van der Waals surface area (Å²) in [6.45, 7) is -0.0369. The number of fused-ring (bicyclic) bond motifs is 2. The van der Waals surface area contributed by atoms with Crippen LogP contribution < -0.4 is 0 Å². The van der Waals surface area contributed by atoms with Gasteiger partial charge in [-0.15, -0.1) is 0 Å². The third-order valence-electron chi connectivity index (χ3n) is 5.98. The summed E-state index contributed by atoms with van der Waals surface area (Å²) in [5.41, 5.74) is 2.04. The minimum absolute atomic E-state index is 0.0876. The number of sulfonamides is 1. The van der Waals surface area contributed by atoms with Crippen molar-refractivity contribution >= 4 is 25.5 Å². The maximum atomic E-state index is 13.5. The lowest BCUT2D eigenvalue weighted by Gasteiger charge is -2.19. The topological polar surface area (TPSA) is 115 Å². The van der Waals surface area contributed by atoms with E-state index in [1.54, 1.807) is 48.5 Å².